The van der Waals surface area contributed by atoms with Crippen LogP contribution in [0.15, 0.2) is 12.1 Å². The van der Waals surface area contributed by atoms with Crippen molar-refractivity contribution < 1.29 is 4.39 Å². The van der Waals surface area contributed by atoms with E-state index in [1.165, 1.54) is 12.1 Å². The number of hydrogen-bond acceptors (Lipinski definition) is 3. The van der Waals surface area contributed by atoms with Crippen molar-refractivity contribution in [1.82, 2.24) is 4.90 Å². The second kappa shape index (κ2) is 5.10. The maximum absolute atomic E-state index is 13.1. The van der Waals surface area contributed by atoms with Crippen molar-refractivity contribution in [3.8, 4) is 0 Å². The Morgan fingerprint density at radius 3 is 2.53 bits per heavy atom. The summed E-state index contributed by atoms with van der Waals surface area (Å²) in [6.07, 6.45) is 0. The number of rotatable bonds is 4. The van der Waals surface area contributed by atoms with E-state index in [0.29, 0.717) is 17.9 Å². The maximum Gasteiger partial charge on any atom is 0.143 e. The van der Waals surface area contributed by atoms with Gasteiger partial charge in [0.2, 0.25) is 0 Å². The largest absolute Gasteiger partial charge is 0.397 e. The fraction of sp³-hybridized carbons (Fsp3) is 0.500. The predicted octanol–water partition coefficient (Wildman–Crippen LogP) is 2.81. The summed E-state index contributed by atoms with van der Waals surface area (Å²) < 4.78 is 13.1. The van der Waals surface area contributed by atoms with Crippen LogP contribution < -0.4 is 11.1 Å². The van der Waals surface area contributed by atoms with Crippen molar-refractivity contribution in [3.63, 3.8) is 0 Å². The number of benzene rings is 1. The van der Waals surface area contributed by atoms with Crippen LogP contribution in [0.2, 0.25) is 5.02 Å². The summed E-state index contributed by atoms with van der Waals surface area (Å²) in [4.78, 5) is 2.10. The molecule has 0 radical (unpaired) electrons. The number of likely N-dealkylation sites (N-methyl/N-ethyl adjacent to an activating group) is 1. The lowest BCUT2D eigenvalue weighted by Gasteiger charge is -2.33. The summed E-state index contributed by atoms with van der Waals surface area (Å²) in [7, 11) is 4.01. The van der Waals surface area contributed by atoms with Gasteiger partial charge in [-0.15, -0.1) is 0 Å². The van der Waals surface area contributed by atoms with Gasteiger partial charge >= 0.3 is 0 Å². The Morgan fingerprint density at radius 2 is 2.00 bits per heavy atom. The molecule has 0 saturated carbocycles. The standard InChI is InChI=1S/C12H19ClFN3/c1-12(2,17(3)4)7-16-11-5-8(13)9(14)6-10(11)15/h5-6,16H,7,15H2,1-4H3. The smallest absolute Gasteiger partial charge is 0.143 e. The molecule has 0 amide bonds. The van der Waals surface area contributed by atoms with Gasteiger partial charge in [0.25, 0.3) is 0 Å². The zero-order valence-electron chi connectivity index (χ0n) is 10.6. The highest BCUT2D eigenvalue weighted by atomic mass is 35.5. The second-order valence-corrected chi connectivity index (χ2v) is 5.32. The first-order valence-electron chi connectivity index (χ1n) is 5.40. The van der Waals surface area contributed by atoms with Crippen LogP contribution in [0, 0.1) is 5.82 Å². The first kappa shape index (κ1) is 14.1. The van der Waals surface area contributed by atoms with Crippen LogP contribution in [0.4, 0.5) is 15.8 Å². The number of nitrogens with one attached hydrogen (secondary N) is 1. The van der Waals surface area contributed by atoms with Gasteiger partial charge < -0.3 is 16.0 Å². The molecule has 1 rings (SSSR count). The normalized spacial score (nSPS) is 11.9. The molecule has 0 heterocycles. The van der Waals surface area contributed by atoms with Gasteiger partial charge in [0.05, 0.1) is 16.4 Å². The van der Waals surface area contributed by atoms with E-state index in [9.17, 15) is 4.39 Å². The van der Waals surface area contributed by atoms with Gasteiger partial charge in [-0.25, -0.2) is 4.39 Å². The molecule has 3 N–H and O–H groups in total. The van der Waals surface area contributed by atoms with E-state index in [0.717, 1.165) is 0 Å². The van der Waals surface area contributed by atoms with E-state index >= 15 is 0 Å². The second-order valence-electron chi connectivity index (χ2n) is 4.91. The molecule has 17 heavy (non-hydrogen) atoms. The Kier molecular flexibility index (Phi) is 4.22. The summed E-state index contributed by atoms with van der Waals surface area (Å²) in [6.45, 7) is 4.88. The molecule has 1 aromatic carbocycles. The van der Waals surface area contributed by atoms with Gasteiger partial charge in [-0.3, -0.25) is 0 Å². The molecule has 0 fully saturated rings. The zero-order valence-corrected chi connectivity index (χ0v) is 11.4. The van der Waals surface area contributed by atoms with Crippen molar-refractivity contribution in [1.29, 1.82) is 0 Å². The fourth-order valence-electron chi connectivity index (χ4n) is 1.18. The molecule has 0 bridgehead atoms. The van der Waals surface area contributed by atoms with Gasteiger partial charge in [0, 0.05) is 18.2 Å². The molecule has 0 aromatic heterocycles. The van der Waals surface area contributed by atoms with Gasteiger partial charge in [0.1, 0.15) is 5.82 Å². The van der Waals surface area contributed by atoms with Crippen molar-refractivity contribution in [3.05, 3.63) is 23.0 Å². The Hall–Kier alpha value is -1.00. The van der Waals surface area contributed by atoms with Crippen molar-refractivity contribution in [2.45, 2.75) is 19.4 Å². The third-order valence-electron chi connectivity index (χ3n) is 3.01. The molecule has 5 heteroatoms. The number of hydrogen-bond donors (Lipinski definition) is 2. The van der Waals surface area contributed by atoms with E-state index in [-0.39, 0.29) is 10.6 Å². The van der Waals surface area contributed by atoms with E-state index in [1.807, 2.05) is 14.1 Å². The molecule has 0 spiro atoms. The third kappa shape index (κ3) is 3.48. The third-order valence-corrected chi connectivity index (χ3v) is 3.30. The van der Waals surface area contributed by atoms with Crippen LogP contribution >= 0.6 is 11.6 Å². The minimum absolute atomic E-state index is 0.0344. The van der Waals surface area contributed by atoms with Crippen LogP contribution in [0.25, 0.3) is 0 Å². The topological polar surface area (TPSA) is 41.3 Å². The highest BCUT2D eigenvalue weighted by Crippen LogP contribution is 2.26. The van der Waals surface area contributed by atoms with Crippen LogP contribution in [-0.2, 0) is 0 Å². The minimum atomic E-state index is -0.499. The first-order valence-corrected chi connectivity index (χ1v) is 5.77. The van der Waals surface area contributed by atoms with Gasteiger partial charge in [-0.1, -0.05) is 11.6 Å². The van der Waals surface area contributed by atoms with Gasteiger partial charge in [0.15, 0.2) is 0 Å². The molecule has 0 aliphatic carbocycles. The lowest BCUT2D eigenvalue weighted by atomic mass is 10.0. The van der Waals surface area contributed by atoms with Crippen LogP contribution in [0.3, 0.4) is 0 Å². The van der Waals surface area contributed by atoms with Crippen LogP contribution in [0.1, 0.15) is 13.8 Å². The van der Waals surface area contributed by atoms with Crippen LogP contribution in [0.5, 0.6) is 0 Å². The molecule has 96 valence electrons. The number of nitrogens with zero attached hydrogens (tertiary/aromatic N) is 1. The summed E-state index contributed by atoms with van der Waals surface area (Å²) in [5, 5.41) is 3.26. The quantitative estimate of drug-likeness (QED) is 0.817. The monoisotopic (exact) mass is 259 g/mol. The summed E-state index contributed by atoms with van der Waals surface area (Å²) in [6, 6.07) is 2.74. The zero-order chi connectivity index (χ0) is 13.2. The number of nitrogen functional groups attached to an aromatic ring is 1. The van der Waals surface area contributed by atoms with E-state index in [1.54, 1.807) is 0 Å². The van der Waals surface area contributed by atoms with E-state index < -0.39 is 5.82 Å². The van der Waals surface area contributed by atoms with Crippen molar-refractivity contribution >= 4 is 23.0 Å². The molecule has 3 nitrogen and oxygen atoms in total. The highest BCUT2D eigenvalue weighted by molar-refractivity contribution is 6.31. The lowest BCUT2D eigenvalue weighted by Crippen LogP contribution is -2.44. The van der Waals surface area contributed by atoms with Crippen molar-refractivity contribution in [2.75, 3.05) is 31.7 Å². The molecule has 0 unspecified atom stereocenters. The van der Waals surface area contributed by atoms with E-state index in [4.69, 9.17) is 17.3 Å². The summed E-state index contributed by atoms with van der Waals surface area (Å²) in [5.41, 5.74) is 6.71. The molecule has 0 atom stereocenters. The number of halogens is 2. The highest BCUT2D eigenvalue weighted by Gasteiger charge is 2.20. The SMILES string of the molecule is CN(C)C(C)(C)CNc1cc(Cl)c(F)cc1N. The van der Waals surface area contributed by atoms with E-state index in [2.05, 4.69) is 24.1 Å². The Balaban J connectivity index is 2.80. The molecule has 1 aromatic rings. The molecular weight excluding hydrogens is 241 g/mol. The molecule has 0 aliphatic heterocycles. The lowest BCUT2D eigenvalue weighted by molar-refractivity contribution is 0.210. The summed E-state index contributed by atoms with van der Waals surface area (Å²) in [5.74, 6) is -0.499. The number of anilines is 2. The minimum Gasteiger partial charge on any atom is -0.397 e. The van der Waals surface area contributed by atoms with Gasteiger partial charge in [-0.2, -0.15) is 0 Å². The van der Waals surface area contributed by atoms with Crippen molar-refractivity contribution in [2.24, 2.45) is 0 Å². The predicted molar refractivity (Wildman–Crippen MR) is 72.1 cm³/mol. The summed E-state index contributed by atoms with van der Waals surface area (Å²) >= 11 is 5.72. The molecule has 0 saturated heterocycles. The number of nitrogens with two attached hydrogens (primary N) is 1. The Morgan fingerprint density at radius 1 is 1.41 bits per heavy atom. The fourth-order valence-corrected chi connectivity index (χ4v) is 1.35. The Bertz CT molecular complexity index is 405. The average molecular weight is 260 g/mol. The van der Waals surface area contributed by atoms with Crippen LogP contribution in [-0.4, -0.2) is 31.1 Å². The Labute approximate surface area is 107 Å². The molecule has 0 aliphatic rings. The molecular formula is C12H19ClFN3. The van der Waals surface area contributed by atoms with Gasteiger partial charge in [-0.05, 0) is 34.0 Å². The first-order chi connectivity index (χ1) is 7.74. The maximum atomic E-state index is 13.1. The average Bonchev–Trinajstić information content (AvgIpc) is 2.21.